The summed E-state index contributed by atoms with van der Waals surface area (Å²) in [7, 11) is 0. The first-order valence-electron chi connectivity index (χ1n) is 6.16. The van der Waals surface area contributed by atoms with E-state index in [0.717, 1.165) is 11.3 Å². The third-order valence-electron chi connectivity index (χ3n) is 2.80. The molecule has 0 amide bonds. The Bertz CT molecular complexity index is 673. The number of thiophene rings is 1. The summed E-state index contributed by atoms with van der Waals surface area (Å²) in [6, 6.07) is 10.1. The van der Waals surface area contributed by atoms with Gasteiger partial charge in [0.15, 0.2) is 5.78 Å². The maximum absolute atomic E-state index is 12.0. The molecule has 4 nitrogen and oxygen atoms in total. The number of rotatable bonds is 5. The molecule has 5 heteroatoms. The lowest BCUT2D eigenvalue weighted by Gasteiger charge is -1.96. The second-order valence-corrected chi connectivity index (χ2v) is 5.30. The van der Waals surface area contributed by atoms with Crippen molar-refractivity contribution < 1.29 is 9.72 Å². The van der Waals surface area contributed by atoms with E-state index in [-0.39, 0.29) is 11.5 Å². The van der Waals surface area contributed by atoms with Crippen LogP contribution in [-0.2, 0) is 6.42 Å². The highest BCUT2D eigenvalue weighted by atomic mass is 32.1. The highest BCUT2D eigenvalue weighted by Gasteiger charge is 2.10. The standard InChI is InChI=1S/C15H13NO3S/c1-2-12-8-10-15(20-12)14(17)9-7-11-5-3-4-6-13(11)16(18)19/h3-10H,2H2,1H3/b9-7+. The van der Waals surface area contributed by atoms with Crippen LogP contribution in [0.4, 0.5) is 5.69 Å². The molecule has 102 valence electrons. The van der Waals surface area contributed by atoms with Crippen molar-refractivity contribution in [1.82, 2.24) is 0 Å². The quantitative estimate of drug-likeness (QED) is 0.360. The maximum Gasteiger partial charge on any atom is 0.276 e. The second-order valence-electron chi connectivity index (χ2n) is 4.13. The molecule has 20 heavy (non-hydrogen) atoms. The first-order chi connectivity index (χ1) is 9.61. The highest BCUT2D eigenvalue weighted by molar-refractivity contribution is 7.14. The molecular weight excluding hydrogens is 274 g/mol. The monoisotopic (exact) mass is 287 g/mol. The summed E-state index contributed by atoms with van der Waals surface area (Å²) in [5.41, 5.74) is 0.426. The van der Waals surface area contributed by atoms with Gasteiger partial charge in [0.05, 0.1) is 15.4 Å². The minimum atomic E-state index is -0.454. The predicted molar refractivity (Wildman–Crippen MR) is 80.2 cm³/mol. The average Bonchev–Trinajstić information content (AvgIpc) is 2.94. The maximum atomic E-state index is 12.0. The van der Waals surface area contributed by atoms with E-state index in [0.29, 0.717) is 10.4 Å². The number of nitrogens with zero attached hydrogens (tertiary/aromatic N) is 1. The number of carbonyl (C=O) groups is 1. The number of allylic oxidation sites excluding steroid dienone is 1. The number of benzene rings is 1. The SMILES string of the molecule is CCc1ccc(C(=O)/C=C/c2ccccc2[N+](=O)[O-])s1. The first-order valence-corrected chi connectivity index (χ1v) is 6.98. The zero-order chi connectivity index (χ0) is 14.5. The van der Waals surface area contributed by atoms with Crippen LogP contribution in [0.25, 0.3) is 6.08 Å². The van der Waals surface area contributed by atoms with Gasteiger partial charge in [-0.3, -0.25) is 14.9 Å². The molecule has 0 bridgehead atoms. The number of para-hydroxylation sites is 1. The van der Waals surface area contributed by atoms with Gasteiger partial charge in [0.25, 0.3) is 5.69 Å². The molecule has 0 atom stereocenters. The van der Waals surface area contributed by atoms with E-state index in [1.807, 2.05) is 13.0 Å². The van der Waals surface area contributed by atoms with Crippen molar-refractivity contribution in [1.29, 1.82) is 0 Å². The van der Waals surface area contributed by atoms with Gasteiger partial charge < -0.3 is 0 Å². The molecule has 1 heterocycles. The van der Waals surface area contributed by atoms with Crippen LogP contribution in [0.2, 0.25) is 0 Å². The zero-order valence-electron chi connectivity index (χ0n) is 10.9. The smallest absolute Gasteiger partial charge is 0.276 e. The van der Waals surface area contributed by atoms with Gasteiger partial charge in [-0.1, -0.05) is 19.1 Å². The third kappa shape index (κ3) is 3.19. The third-order valence-corrected chi connectivity index (χ3v) is 4.04. The minimum Gasteiger partial charge on any atom is -0.288 e. The lowest BCUT2D eigenvalue weighted by atomic mass is 10.1. The van der Waals surface area contributed by atoms with Crippen LogP contribution in [0.1, 0.15) is 27.0 Å². The predicted octanol–water partition coefficient (Wildman–Crippen LogP) is 4.11. The van der Waals surface area contributed by atoms with Crippen molar-refractivity contribution in [3.05, 3.63) is 67.9 Å². The summed E-state index contributed by atoms with van der Waals surface area (Å²) in [5, 5.41) is 10.9. The van der Waals surface area contributed by atoms with Crippen molar-refractivity contribution in [3.63, 3.8) is 0 Å². The Labute approximate surface area is 120 Å². The van der Waals surface area contributed by atoms with Gasteiger partial charge in [-0.05, 0) is 36.8 Å². The molecule has 2 aromatic rings. The molecule has 0 N–H and O–H groups in total. The Balaban J connectivity index is 2.21. The van der Waals surface area contributed by atoms with Crippen LogP contribution in [0.3, 0.4) is 0 Å². The van der Waals surface area contributed by atoms with E-state index in [4.69, 9.17) is 0 Å². The van der Waals surface area contributed by atoms with Gasteiger partial charge in [0.1, 0.15) is 0 Å². The molecule has 0 unspecified atom stereocenters. The van der Waals surface area contributed by atoms with Crippen LogP contribution < -0.4 is 0 Å². The average molecular weight is 287 g/mol. The number of hydrogen-bond donors (Lipinski definition) is 0. The largest absolute Gasteiger partial charge is 0.288 e. The number of carbonyl (C=O) groups excluding carboxylic acids is 1. The van der Waals surface area contributed by atoms with Crippen LogP contribution in [-0.4, -0.2) is 10.7 Å². The summed E-state index contributed by atoms with van der Waals surface area (Å²) in [6.07, 6.45) is 3.77. The van der Waals surface area contributed by atoms with Gasteiger partial charge in [0.2, 0.25) is 0 Å². The molecule has 0 radical (unpaired) electrons. The topological polar surface area (TPSA) is 60.2 Å². The normalized spacial score (nSPS) is 10.8. The Morgan fingerprint density at radius 1 is 1.30 bits per heavy atom. The van der Waals surface area contributed by atoms with E-state index >= 15 is 0 Å². The van der Waals surface area contributed by atoms with Crippen molar-refractivity contribution in [2.75, 3.05) is 0 Å². The second kappa shape index (κ2) is 6.25. The van der Waals surface area contributed by atoms with Crippen LogP contribution in [0.15, 0.2) is 42.5 Å². The number of nitro groups is 1. The van der Waals surface area contributed by atoms with E-state index in [9.17, 15) is 14.9 Å². The fourth-order valence-corrected chi connectivity index (χ4v) is 2.61. The highest BCUT2D eigenvalue weighted by Crippen LogP contribution is 2.21. The van der Waals surface area contributed by atoms with Crippen molar-refractivity contribution in [3.8, 4) is 0 Å². The molecule has 0 aliphatic heterocycles. The Morgan fingerprint density at radius 3 is 2.70 bits per heavy atom. The van der Waals surface area contributed by atoms with Gasteiger partial charge in [-0.15, -0.1) is 11.3 Å². The molecule has 0 aliphatic carbocycles. The molecule has 1 aromatic heterocycles. The van der Waals surface area contributed by atoms with Crippen LogP contribution in [0, 0.1) is 10.1 Å². The fraction of sp³-hybridized carbons (Fsp3) is 0.133. The Kier molecular flexibility index (Phi) is 4.42. The van der Waals surface area contributed by atoms with Crippen LogP contribution in [0.5, 0.6) is 0 Å². The van der Waals surface area contributed by atoms with Crippen molar-refractivity contribution in [2.24, 2.45) is 0 Å². The molecule has 1 aromatic carbocycles. The molecule has 0 saturated heterocycles. The Morgan fingerprint density at radius 2 is 2.05 bits per heavy atom. The molecular formula is C15H13NO3S. The number of hydrogen-bond acceptors (Lipinski definition) is 4. The molecule has 0 fully saturated rings. The van der Waals surface area contributed by atoms with Gasteiger partial charge >= 0.3 is 0 Å². The molecule has 0 spiro atoms. The summed E-state index contributed by atoms with van der Waals surface area (Å²) in [4.78, 5) is 24.2. The number of nitro benzene ring substituents is 1. The summed E-state index contributed by atoms with van der Waals surface area (Å²) in [5.74, 6) is -0.132. The molecule has 0 saturated carbocycles. The molecule has 0 aliphatic rings. The number of aryl methyl sites for hydroxylation is 1. The van der Waals surface area contributed by atoms with Crippen LogP contribution >= 0.6 is 11.3 Å². The van der Waals surface area contributed by atoms with E-state index < -0.39 is 4.92 Å². The van der Waals surface area contributed by atoms with E-state index in [2.05, 4.69) is 0 Å². The first kappa shape index (κ1) is 14.1. The van der Waals surface area contributed by atoms with E-state index in [1.54, 1.807) is 24.3 Å². The summed E-state index contributed by atoms with van der Waals surface area (Å²) >= 11 is 1.45. The van der Waals surface area contributed by atoms with Gasteiger partial charge in [-0.25, -0.2) is 0 Å². The van der Waals surface area contributed by atoms with Crippen molar-refractivity contribution in [2.45, 2.75) is 13.3 Å². The van der Waals surface area contributed by atoms with Gasteiger partial charge in [-0.2, -0.15) is 0 Å². The van der Waals surface area contributed by atoms with Crippen molar-refractivity contribution >= 4 is 28.9 Å². The summed E-state index contributed by atoms with van der Waals surface area (Å²) in [6.45, 7) is 2.03. The lowest BCUT2D eigenvalue weighted by Crippen LogP contribution is -1.92. The fourth-order valence-electron chi connectivity index (χ4n) is 1.74. The summed E-state index contributed by atoms with van der Waals surface area (Å²) < 4.78 is 0. The lowest BCUT2D eigenvalue weighted by molar-refractivity contribution is -0.385. The zero-order valence-corrected chi connectivity index (χ0v) is 11.7. The number of ketones is 1. The Hall–Kier alpha value is -2.27. The minimum absolute atomic E-state index is 0.00280. The van der Waals surface area contributed by atoms with Gasteiger partial charge in [0, 0.05) is 10.9 Å². The van der Waals surface area contributed by atoms with E-state index in [1.165, 1.54) is 29.6 Å². The molecule has 2 rings (SSSR count).